The minimum absolute atomic E-state index is 0.517. The highest BCUT2D eigenvalue weighted by Gasteiger charge is 2.14. The Morgan fingerprint density at radius 1 is 0.706 bits per heavy atom. The molecular weight excluding hydrogens is 436 g/mol. The van der Waals surface area contributed by atoms with Gasteiger partial charge in [-0.15, -0.1) is 0 Å². The molecule has 34 heavy (non-hydrogen) atoms. The van der Waals surface area contributed by atoms with E-state index < -0.39 is 0 Å². The van der Waals surface area contributed by atoms with Crippen LogP contribution < -0.4 is 14.5 Å². The molecule has 0 atom stereocenters. The summed E-state index contributed by atoms with van der Waals surface area (Å²) in [6.07, 6.45) is 1.66. The molecule has 186 valence electrons. The smallest absolute Gasteiger partial charge is 0.150 e. The molecule has 0 aliphatic rings. The molecule has 0 aliphatic heterocycles. The molecule has 8 heteroatoms. The van der Waals surface area contributed by atoms with Gasteiger partial charge in [0.1, 0.15) is 18.3 Å². The lowest BCUT2D eigenvalue weighted by Crippen LogP contribution is -2.34. The van der Waals surface area contributed by atoms with Gasteiger partial charge in [0.25, 0.3) is 0 Å². The van der Waals surface area contributed by atoms with Crippen molar-refractivity contribution in [3.8, 4) is 5.75 Å². The predicted molar refractivity (Wildman–Crippen MR) is 134 cm³/mol. The summed E-state index contributed by atoms with van der Waals surface area (Å²) in [4.78, 5) is 26.5. The van der Waals surface area contributed by atoms with E-state index in [1.54, 1.807) is 33.5 Å². The third-order valence-electron chi connectivity index (χ3n) is 5.52. The fourth-order valence-corrected chi connectivity index (χ4v) is 3.70. The zero-order chi connectivity index (χ0) is 24.8. The lowest BCUT2D eigenvalue weighted by molar-refractivity contribution is 0.111. The topological polar surface area (TPSA) is 77.5 Å². The van der Waals surface area contributed by atoms with Crippen LogP contribution in [0.3, 0.4) is 0 Å². The van der Waals surface area contributed by atoms with Gasteiger partial charge in [0.05, 0.1) is 39.2 Å². The van der Waals surface area contributed by atoms with Crippen molar-refractivity contribution in [1.82, 2.24) is 0 Å². The fourth-order valence-electron chi connectivity index (χ4n) is 3.70. The molecule has 0 aliphatic carbocycles. The first kappa shape index (κ1) is 27.3. The Bertz CT molecular complexity index is 905. The Balaban J connectivity index is 1.98. The number of nitrogens with zero attached hydrogens (tertiary/aromatic N) is 2. The largest absolute Gasteiger partial charge is 0.495 e. The van der Waals surface area contributed by atoms with Gasteiger partial charge in [-0.3, -0.25) is 9.59 Å². The third-order valence-corrected chi connectivity index (χ3v) is 5.52. The Labute approximate surface area is 202 Å². The molecule has 0 heterocycles. The van der Waals surface area contributed by atoms with Crippen molar-refractivity contribution in [2.45, 2.75) is 6.92 Å². The van der Waals surface area contributed by atoms with Crippen molar-refractivity contribution in [2.24, 2.45) is 0 Å². The van der Waals surface area contributed by atoms with Crippen LogP contribution in [0.2, 0.25) is 0 Å². The Morgan fingerprint density at radius 2 is 1.21 bits per heavy atom. The molecular formula is C26H36N2O6. The molecule has 0 unspecified atom stereocenters. The second-order valence-corrected chi connectivity index (χ2v) is 7.78. The number of benzene rings is 2. The molecule has 0 fully saturated rings. The molecule has 0 saturated heterocycles. The van der Waals surface area contributed by atoms with Gasteiger partial charge < -0.3 is 28.7 Å². The third kappa shape index (κ3) is 8.13. The molecule has 0 N–H and O–H groups in total. The summed E-state index contributed by atoms with van der Waals surface area (Å²) in [5.41, 5.74) is 4.22. The van der Waals surface area contributed by atoms with E-state index in [4.69, 9.17) is 18.9 Å². The van der Waals surface area contributed by atoms with E-state index in [1.807, 2.05) is 31.2 Å². The maximum absolute atomic E-state index is 11.1. The van der Waals surface area contributed by atoms with Crippen molar-refractivity contribution < 1.29 is 28.5 Å². The first-order valence-electron chi connectivity index (χ1n) is 11.3. The van der Waals surface area contributed by atoms with E-state index >= 15 is 0 Å². The summed E-state index contributed by atoms with van der Waals surface area (Å²) in [6, 6.07) is 11.1. The number of carbonyl (C=O) groups is 2. The van der Waals surface area contributed by atoms with Crippen LogP contribution in [0, 0.1) is 6.92 Å². The molecule has 0 saturated carbocycles. The van der Waals surface area contributed by atoms with Gasteiger partial charge in [0.15, 0.2) is 0 Å². The quantitative estimate of drug-likeness (QED) is 0.257. The minimum atomic E-state index is 0.517. The van der Waals surface area contributed by atoms with Gasteiger partial charge in [-0.2, -0.15) is 0 Å². The summed E-state index contributed by atoms with van der Waals surface area (Å²) in [5.74, 6) is 0.640. The summed E-state index contributed by atoms with van der Waals surface area (Å²) in [5, 5.41) is 0. The number of aryl methyl sites for hydroxylation is 1. The number of ether oxygens (including phenoxy) is 4. The second kappa shape index (κ2) is 15.1. The summed E-state index contributed by atoms with van der Waals surface area (Å²) in [7, 11) is 4.94. The van der Waals surface area contributed by atoms with Crippen LogP contribution in [-0.2, 0) is 14.2 Å². The Kier molecular flexibility index (Phi) is 12.1. The highest BCUT2D eigenvalue weighted by Crippen LogP contribution is 2.29. The average molecular weight is 473 g/mol. The average Bonchev–Trinajstić information content (AvgIpc) is 2.87. The highest BCUT2D eigenvalue weighted by molar-refractivity contribution is 5.78. The molecule has 2 aromatic carbocycles. The van der Waals surface area contributed by atoms with Crippen LogP contribution in [0.4, 0.5) is 11.4 Å². The van der Waals surface area contributed by atoms with E-state index in [-0.39, 0.29) is 0 Å². The predicted octanol–water partition coefficient (Wildman–Crippen LogP) is 3.25. The molecule has 0 spiro atoms. The van der Waals surface area contributed by atoms with E-state index in [0.29, 0.717) is 62.9 Å². The Morgan fingerprint density at radius 3 is 1.71 bits per heavy atom. The van der Waals surface area contributed by atoms with E-state index in [1.165, 1.54) is 0 Å². The molecule has 8 nitrogen and oxygen atoms in total. The SMILES string of the molecule is COCCN(CCOCCN(CCOC)c1ccc(C=O)cc1OC)c1ccc(C=O)cc1C. The monoisotopic (exact) mass is 472 g/mol. The number of hydrogen-bond donors (Lipinski definition) is 0. The lowest BCUT2D eigenvalue weighted by Gasteiger charge is -2.28. The molecule has 0 amide bonds. The first-order valence-corrected chi connectivity index (χ1v) is 11.3. The summed E-state index contributed by atoms with van der Waals surface area (Å²) < 4.78 is 22.0. The van der Waals surface area contributed by atoms with Gasteiger partial charge in [-0.1, -0.05) is 0 Å². The molecule has 0 bridgehead atoms. The lowest BCUT2D eigenvalue weighted by atomic mass is 10.1. The van der Waals surface area contributed by atoms with Crippen molar-refractivity contribution in [1.29, 1.82) is 0 Å². The van der Waals surface area contributed by atoms with Crippen LogP contribution in [0.1, 0.15) is 26.3 Å². The summed E-state index contributed by atoms with van der Waals surface area (Å²) in [6.45, 7) is 6.93. The van der Waals surface area contributed by atoms with Crippen molar-refractivity contribution in [3.05, 3.63) is 53.1 Å². The second-order valence-electron chi connectivity index (χ2n) is 7.78. The van der Waals surface area contributed by atoms with Gasteiger partial charge in [0.2, 0.25) is 0 Å². The van der Waals surface area contributed by atoms with Crippen LogP contribution >= 0.6 is 0 Å². The van der Waals surface area contributed by atoms with Crippen LogP contribution in [0.15, 0.2) is 36.4 Å². The molecule has 2 rings (SSSR count). The Hall–Kier alpha value is -2.94. The normalized spacial score (nSPS) is 10.7. The maximum Gasteiger partial charge on any atom is 0.150 e. The van der Waals surface area contributed by atoms with Crippen LogP contribution in [0.25, 0.3) is 0 Å². The first-order chi connectivity index (χ1) is 16.6. The standard InChI is InChI=1S/C26H36N2O6/c1-21-17-22(19-29)5-7-24(21)27(9-13-31-2)11-15-34-16-12-28(10-14-32-3)25-8-6-23(20-30)18-26(25)33-4/h5-8,17-20H,9-16H2,1-4H3. The summed E-state index contributed by atoms with van der Waals surface area (Å²) >= 11 is 0. The number of rotatable bonds is 17. The molecule has 0 radical (unpaired) electrons. The zero-order valence-electron chi connectivity index (χ0n) is 20.6. The van der Waals surface area contributed by atoms with Gasteiger partial charge >= 0.3 is 0 Å². The van der Waals surface area contributed by atoms with E-state index in [9.17, 15) is 9.59 Å². The fraction of sp³-hybridized carbons (Fsp3) is 0.462. The minimum Gasteiger partial charge on any atom is -0.495 e. The van der Waals surface area contributed by atoms with Crippen molar-refractivity contribution in [3.63, 3.8) is 0 Å². The van der Waals surface area contributed by atoms with Crippen LogP contribution in [0.5, 0.6) is 5.75 Å². The van der Waals surface area contributed by atoms with Crippen molar-refractivity contribution >= 4 is 23.9 Å². The number of hydrogen-bond acceptors (Lipinski definition) is 8. The van der Waals surface area contributed by atoms with Gasteiger partial charge in [-0.05, 0) is 48.9 Å². The molecule has 0 aromatic heterocycles. The number of carbonyl (C=O) groups excluding carboxylic acids is 2. The highest BCUT2D eigenvalue weighted by atomic mass is 16.5. The number of aldehydes is 2. The number of methoxy groups -OCH3 is 3. The number of anilines is 2. The van der Waals surface area contributed by atoms with E-state index in [0.717, 1.165) is 36.1 Å². The maximum atomic E-state index is 11.1. The van der Waals surface area contributed by atoms with E-state index in [2.05, 4.69) is 9.80 Å². The van der Waals surface area contributed by atoms with Crippen molar-refractivity contribution in [2.75, 3.05) is 83.7 Å². The molecule has 2 aromatic rings. The van der Waals surface area contributed by atoms with Crippen LogP contribution in [-0.4, -0.2) is 86.5 Å². The van der Waals surface area contributed by atoms with Gasteiger partial charge in [0, 0.05) is 57.2 Å². The zero-order valence-corrected chi connectivity index (χ0v) is 20.6. The van der Waals surface area contributed by atoms with Gasteiger partial charge in [-0.25, -0.2) is 0 Å².